The van der Waals surface area contributed by atoms with Crippen LogP contribution in [0, 0.1) is 11.3 Å². The number of benzene rings is 2. The van der Waals surface area contributed by atoms with E-state index < -0.39 is 0 Å². The molecule has 0 atom stereocenters. The summed E-state index contributed by atoms with van der Waals surface area (Å²) in [5.41, 5.74) is 2.73. The topological polar surface area (TPSA) is 103 Å². The van der Waals surface area contributed by atoms with Crippen LogP contribution in [0.5, 0.6) is 0 Å². The summed E-state index contributed by atoms with van der Waals surface area (Å²) in [5.74, 6) is 1.01. The molecule has 2 aromatic heterocycles. The zero-order chi connectivity index (χ0) is 17.1. The normalized spacial score (nSPS) is 11.4. The van der Waals surface area contributed by atoms with Crippen molar-refractivity contribution in [3.8, 4) is 17.4 Å². The van der Waals surface area contributed by atoms with Crippen molar-refractivity contribution in [2.45, 2.75) is 0 Å². The van der Waals surface area contributed by atoms with E-state index in [2.05, 4.69) is 25.9 Å². The number of nitrogens with zero attached hydrogens (tertiary/aromatic N) is 4. The molecular weight excluding hydrogens is 316 g/mol. The average molecular weight is 328 g/mol. The highest BCUT2D eigenvalue weighted by Crippen LogP contribution is 2.32. The minimum Gasteiger partial charge on any atom is -0.454 e. The van der Waals surface area contributed by atoms with Crippen molar-refractivity contribution in [1.82, 2.24) is 20.6 Å². The minimum atomic E-state index is 0.228. The van der Waals surface area contributed by atoms with Crippen molar-refractivity contribution in [1.29, 1.82) is 5.26 Å². The second kappa shape index (κ2) is 6.29. The van der Waals surface area contributed by atoms with Crippen molar-refractivity contribution in [2.75, 3.05) is 5.32 Å². The quantitative estimate of drug-likeness (QED) is 0.555. The van der Waals surface area contributed by atoms with Crippen LogP contribution in [0.2, 0.25) is 0 Å². The first-order chi connectivity index (χ1) is 12.3. The first-order valence-electron chi connectivity index (χ1n) is 7.54. The van der Waals surface area contributed by atoms with Gasteiger partial charge in [-0.2, -0.15) is 10.5 Å². The number of nitriles is 1. The molecule has 0 aliphatic rings. The maximum absolute atomic E-state index is 9.24. The first-order valence-corrected chi connectivity index (χ1v) is 7.54. The number of tetrazole rings is 1. The third-order valence-electron chi connectivity index (χ3n) is 3.68. The molecular formula is C18H12N6O. The molecule has 2 N–H and O–H groups in total. The van der Waals surface area contributed by atoms with Crippen molar-refractivity contribution in [3.63, 3.8) is 0 Å². The van der Waals surface area contributed by atoms with E-state index in [9.17, 15) is 5.26 Å². The van der Waals surface area contributed by atoms with Gasteiger partial charge in [-0.1, -0.05) is 42.5 Å². The lowest BCUT2D eigenvalue weighted by Gasteiger charge is -2.02. The van der Waals surface area contributed by atoms with E-state index in [1.807, 2.05) is 60.7 Å². The molecule has 7 heteroatoms. The Labute approximate surface area is 142 Å². The summed E-state index contributed by atoms with van der Waals surface area (Å²) >= 11 is 0. The van der Waals surface area contributed by atoms with E-state index in [-0.39, 0.29) is 11.4 Å². The first kappa shape index (κ1) is 14.7. The molecule has 7 nitrogen and oxygen atoms in total. The molecule has 0 amide bonds. The number of hydrogen-bond acceptors (Lipinski definition) is 6. The van der Waals surface area contributed by atoms with Gasteiger partial charge < -0.3 is 9.73 Å². The van der Waals surface area contributed by atoms with E-state index >= 15 is 0 Å². The minimum absolute atomic E-state index is 0.228. The molecule has 25 heavy (non-hydrogen) atoms. The molecule has 0 aliphatic heterocycles. The van der Waals surface area contributed by atoms with Crippen LogP contribution in [-0.4, -0.2) is 20.6 Å². The van der Waals surface area contributed by atoms with Crippen LogP contribution in [0.15, 0.2) is 65.2 Å². The number of H-pyrrole nitrogens is 1. The van der Waals surface area contributed by atoms with Gasteiger partial charge in [0.1, 0.15) is 17.4 Å². The van der Waals surface area contributed by atoms with Gasteiger partial charge in [-0.15, -0.1) is 10.2 Å². The second-order valence-corrected chi connectivity index (χ2v) is 5.25. The molecule has 0 spiro atoms. The van der Waals surface area contributed by atoms with Gasteiger partial charge in [0, 0.05) is 17.1 Å². The Kier molecular flexibility index (Phi) is 3.69. The zero-order valence-corrected chi connectivity index (χ0v) is 13.0. The summed E-state index contributed by atoms with van der Waals surface area (Å²) in [4.78, 5) is 0. The summed E-state index contributed by atoms with van der Waals surface area (Å²) in [6.45, 7) is 0. The molecule has 4 aromatic rings. The Morgan fingerprint density at radius 1 is 1.16 bits per heavy atom. The van der Waals surface area contributed by atoms with Crippen LogP contribution in [0.1, 0.15) is 5.82 Å². The molecule has 0 saturated carbocycles. The lowest BCUT2D eigenvalue weighted by molar-refractivity contribution is 0.632. The van der Waals surface area contributed by atoms with E-state index in [0.717, 1.165) is 22.4 Å². The highest BCUT2D eigenvalue weighted by molar-refractivity contribution is 5.93. The number of nitrogens with one attached hydrogen (secondary N) is 2. The molecule has 120 valence electrons. The number of anilines is 1. The predicted molar refractivity (Wildman–Crippen MR) is 93.0 cm³/mol. The van der Waals surface area contributed by atoms with Crippen molar-refractivity contribution >= 4 is 22.2 Å². The lowest BCUT2D eigenvalue weighted by atomic mass is 10.1. The van der Waals surface area contributed by atoms with Gasteiger partial charge in [-0.05, 0) is 17.3 Å². The maximum atomic E-state index is 9.24. The molecule has 0 fully saturated rings. The van der Waals surface area contributed by atoms with Crippen molar-refractivity contribution in [3.05, 3.63) is 66.6 Å². The molecule has 2 heterocycles. The number of allylic oxidation sites excluding steroid dienone is 1. The average Bonchev–Trinajstić information content (AvgIpc) is 3.33. The fraction of sp³-hybridized carbons (Fsp3) is 0. The van der Waals surface area contributed by atoms with E-state index in [1.54, 1.807) is 0 Å². The Balaban J connectivity index is 1.71. The van der Waals surface area contributed by atoms with Gasteiger partial charge in [0.05, 0.1) is 5.69 Å². The van der Waals surface area contributed by atoms with Crippen molar-refractivity contribution in [2.24, 2.45) is 0 Å². The van der Waals surface area contributed by atoms with Crippen molar-refractivity contribution < 1.29 is 4.42 Å². The SMILES string of the molecule is N#CC(=CNc1cccc2cc(-c3ccccc3)oc12)c1nn[nH]n1. The van der Waals surface area contributed by atoms with Gasteiger partial charge in [0.15, 0.2) is 5.58 Å². The number of fused-ring (bicyclic) bond motifs is 1. The molecule has 2 aromatic carbocycles. The van der Waals surface area contributed by atoms with Crippen LogP contribution in [0.3, 0.4) is 0 Å². The van der Waals surface area contributed by atoms with Gasteiger partial charge in [-0.3, -0.25) is 0 Å². The Morgan fingerprint density at radius 2 is 2.04 bits per heavy atom. The Hall–Kier alpha value is -3.92. The maximum Gasteiger partial charge on any atom is 0.216 e. The van der Waals surface area contributed by atoms with Crippen LogP contribution >= 0.6 is 0 Å². The van der Waals surface area contributed by atoms with Gasteiger partial charge in [-0.25, -0.2) is 0 Å². The molecule has 0 aliphatic carbocycles. The molecule has 4 rings (SSSR count). The van der Waals surface area contributed by atoms with Gasteiger partial charge in [0.25, 0.3) is 0 Å². The summed E-state index contributed by atoms with van der Waals surface area (Å²) in [6, 6.07) is 19.7. The van der Waals surface area contributed by atoms with Crippen LogP contribution in [0.25, 0.3) is 27.9 Å². The largest absolute Gasteiger partial charge is 0.454 e. The fourth-order valence-electron chi connectivity index (χ4n) is 2.49. The third kappa shape index (κ3) is 2.84. The summed E-state index contributed by atoms with van der Waals surface area (Å²) in [6.07, 6.45) is 1.53. The van der Waals surface area contributed by atoms with E-state index in [4.69, 9.17) is 4.42 Å². The second-order valence-electron chi connectivity index (χ2n) is 5.25. The summed E-state index contributed by atoms with van der Waals surface area (Å²) in [7, 11) is 0. The molecule has 0 bridgehead atoms. The van der Waals surface area contributed by atoms with Gasteiger partial charge >= 0.3 is 0 Å². The smallest absolute Gasteiger partial charge is 0.216 e. The Morgan fingerprint density at radius 3 is 2.80 bits per heavy atom. The number of para-hydroxylation sites is 1. The fourth-order valence-corrected chi connectivity index (χ4v) is 2.49. The molecule has 0 unspecified atom stereocenters. The number of rotatable bonds is 4. The molecule has 0 radical (unpaired) electrons. The summed E-state index contributed by atoms with van der Waals surface area (Å²) < 4.78 is 6.02. The third-order valence-corrected chi connectivity index (χ3v) is 3.68. The zero-order valence-electron chi connectivity index (χ0n) is 13.0. The highest BCUT2D eigenvalue weighted by atomic mass is 16.3. The van der Waals surface area contributed by atoms with Gasteiger partial charge in [0.2, 0.25) is 5.82 Å². The molecule has 0 saturated heterocycles. The number of aromatic amines is 1. The lowest BCUT2D eigenvalue weighted by Crippen LogP contribution is -1.93. The standard InChI is InChI=1S/C18H12N6O/c19-10-14(18-21-23-24-22-18)11-20-15-8-4-7-13-9-16(25-17(13)15)12-5-2-1-3-6-12/h1-9,11,20H,(H,21,22,23,24). The number of aromatic nitrogens is 4. The van der Waals surface area contributed by atoms with E-state index in [0.29, 0.717) is 5.58 Å². The highest BCUT2D eigenvalue weighted by Gasteiger charge is 2.10. The monoisotopic (exact) mass is 328 g/mol. The van der Waals surface area contributed by atoms with Crippen LogP contribution in [-0.2, 0) is 0 Å². The van der Waals surface area contributed by atoms with E-state index in [1.165, 1.54) is 6.20 Å². The summed E-state index contributed by atoms with van der Waals surface area (Å²) in [5, 5.41) is 26.7. The predicted octanol–water partition coefficient (Wildman–Crippen LogP) is 3.59. The number of furan rings is 1. The number of hydrogen-bond donors (Lipinski definition) is 2. The Bertz CT molecular complexity index is 1070. The van der Waals surface area contributed by atoms with Crippen LogP contribution in [0.4, 0.5) is 5.69 Å². The van der Waals surface area contributed by atoms with Crippen LogP contribution < -0.4 is 5.32 Å².